The molecule has 0 heterocycles. The molecule has 0 amide bonds. The lowest BCUT2D eigenvalue weighted by atomic mass is 9.89. The molecule has 0 aliphatic rings. The van der Waals surface area contributed by atoms with Crippen LogP contribution in [-0.4, -0.2) is 13.7 Å². The van der Waals surface area contributed by atoms with Crippen LogP contribution in [0.15, 0.2) is 24.3 Å². The van der Waals surface area contributed by atoms with Gasteiger partial charge in [-0.05, 0) is 30.7 Å². The minimum Gasteiger partial charge on any atom is -0.435 e. The van der Waals surface area contributed by atoms with Crippen LogP contribution in [0.5, 0.6) is 5.75 Å². The number of nitrogens with one attached hydrogen (secondary N) is 1. The zero-order chi connectivity index (χ0) is 13.5. The molecule has 18 heavy (non-hydrogen) atoms. The molecular formula is C14H21F2NO. The Bertz CT molecular complexity index is 353. The van der Waals surface area contributed by atoms with Gasteiger partial charge in [0.25, 0.3) is 0 Å². The highest BCUT2D eigenvalue weighted by atomic mass is 19.3. The third-order valence-electron chi connectivity index (χ3n) is 3.27. The summed E-state index contributed by atoms with van der Waals surface area (Å²) in [6, 6.07) is 7.10. The van der Waals surface area contributed by atoms with Crippen LogP contribution in [0.3, 0.4) is 0 Å². The molecule has 0 radical (unpaired) electrons. The molecule has 2 nitrogen and oxygen atoms in total. The Morgan fingerprint density at radius 1 is 1.22 bits per heavy atom. The molecule has 0 aliphatic carbocycles. The van der Waals surface area contributed by atoms with Crippen LogP contribution in [0.1, 0.15) is 38.3 Å². The molecular weight excluding hydrogens is 236 g/mol. The zero-order valence-electron chi connectivity index (χ0n) is 11.1. The number of halogens is 2. The molecule has 0 spiro atoms. The molecule has 1 N–H and O–H groups in total. The average molecular weight is 257 g/mol. The summed E-state index contributed by atoms with van der Waals surface area (Å²) < 4.78 is 28.8. The monoisotopic (exact) mass is 257 g/mol. The lowest BCUT2D eigenvalue weighted by molar-refractivity contribution is -0.0499. The molecule has 1 unspecified atom stereocenters. The molecule has 0 bridgehead atoms. The Morgan fingerprint density at radius 3 is 2.39 bits per heavy atom. The van der Waals surface area contributed by atoms with Gasteiger partial charge in [-0.2, -0.15) is 8.78 Å². The first-order valence-corrected chi connectivity index (χ1v) is 6.34. The number of hydrogen-bond acceptors (Lipinski definition) is 2. The van der Waals surface area contributed by atoms with Crippen molar-refractivity contribution >= 4 is 0 Å². The summed E-state index contributed by atoms with van der Waals surface area (Å²) in [5.74, 6) is 0.700. The third-order valence-corrected chi connectivity index (χ3v) is 3.27. The largest absolute Gasteiger partial charge is 0.435 e. The molecule has 4 heteroatoms. The summed E-state index contributed by atoms with van der Waals surface area (Å²) in [6.45, 7) is 1.50. The molecule has 0 fully saturated rings. The highest BCUT2D eigenvalue weighted by Gasteiger charge is 2.19. The summed E-state index contributed by atoms with van der Waals surface area (Å²) in [6.07, 6.45) is 2.09. The maximum atomic E-state index is 12.2. The van der Waals surface area contributed by atoms with E-state index in [0.717, 1.165) is 18.4 Å². The zero-order valence-corrected chi connectivity index (χ0v) is 11.1. The Hall–Kier alpha value is -1.16. The highest BCUT2D eigenvalue weighted by molar-refractivity contribution is 5.31. The Labute approximate surface area is 107 Å². The minimum absolute atomic E-state index is 0.168. The number of hydrogen-bond donors (Lipinski definition) is 1. The van der Waals surface area contributed by atoms with Gasteiger partial charge in [0.2, 0.25) is 0 Å². The third kappa shape index (κ3) is 3.95. The predicted octanol–water partition coefficient (Wildman–Crippen LogP) is 3.98. The van der Waals surface area contributed by atoms with E-state index >= 15 is 0 Å². The molecule has 1 aromatic carbocycles. The van der Waals surface area contributed by atoms with Crippen molar-refractivity contribution < 1.29 is 13.5 Å². The van der Waals surface area contributed by atoms with Gasteiger partial charge in [0.1, 0.15) is 5.75 Å². The van der Waals surface area contributed by atoms with Gasteiger partial charge in [-0.3, -0.25) is 0 Å². The van der Waals surface area contributed by atoms with E-state index in [2.05, 4.69) is 23.9 Å². The maximum absolute atomic E-state index is 12.2. The Morgan fingerprint density at radius 2 is 1.89 bits per heavy atom. The van der Waals surface area contributed by atoms with Crippen molar-refractivity contribution in [1.29, 1.82) is 0 Å². The maximum Gasteiger partial charge on any atom is 0.387 e. The van der Waals surface area contributed by atoms with Crippen molar-refractivity contribution in [3.05, 3.63) is 29.8 Å². The molecule has 1 atom stereocenters. The summed E-state index contributed by atoms with van der Waals surface area (Å²) >= 11 is 0. The normalized spacial score (nSPS) is 13.1. The Balaban J connectivity index is 2.91. The summed E-state index contributed by atoms with van der Waals surface area (Å²) in [7, 11) is 1.89. The minimum atomic E-state index is -2.78. The van der Waals surface area contributed by atoms with Crippen LogP contribution in [0.4, 0.5) is 8.78 Å². The van der Waals surface area contributed by atoms with Crippen LogP contribution in [0, 0.1) is 5.92 Å². The van der Waals surface area contributed by atoms with E-state index in [1.807, 2.05) is 13.1 Å². The van der Waals surface area contributed by atoms with E-state index in [4.69, 9.17) is 0 Å². The first-order valence-electron chi connectivity index (χ1n) is 6.34. The van der Waals surface area contributed by atoms with Gasteiger partial charge in [0.15, 0.2) is 0 Å². The standard InChI is InChI=1S/C14H21F2NO/c1-4-10(5-2)13(17-3)11-7-6-8-12(9-11)18-14(15)16/h6-10,13-14,17H,4-5H2,1-3H3. The van der Waals surface area contributed by atoms with Crippen molar-refractivity contribution in [1.82, 2.24) is 5.32 Å². The fourth-order valence-corrected chi connectivity index (χ4v) is 2.32. The van der Waals surface area contributed by atoms with Crippen molar-refractivity contribution in [2.75, 3.05) is 7.05 Å². The van der Waals surface area contributed by atoms with E-state index in [1.54, 1.807) is 18.2 Å². The fraction of sp³-hybridized carbons (Fsp3) is 0.571. The van der Waals surface area contributed by atoms with E-state index in [1.165, 1.54) is 0 Å². The fourth-order valence-electron chi connectivity index (χ4n) is 2.32. The topological polar surface area (TPSA) is 21.3 Å². The molecule has 0 saturated heterocycles. The van der Waals surface area contributed by atoms with E-state index in [-0.39, 0.29) is 11.8 Å². The second-order valence-electron chi connectivity index (χ2n) is 4.29. The summed E-state index contributed by atoms with van der Waals surface area (Å²) in [4.78, 5) is 0. The molecule has 102 valence electrons. The van der Waals surface area contributed by atoms with Crippen LogP contribution >= 0.6 is 0 Å². The molecule has 0 aromatic heterocycles. The first-order chi connectivity index (χ1) is 8.62. The molecule has 0 aliphatic heterocycles. The van der Waals surface area contributed by atoms with Crippen molar-refractivity contribution in [2.45, 2.75) is 39.3 Å². The van der Waals surface area contributed by atoms with Crippen LogP contribution in [0.25, 0.3) is 0 Å². The smallest absolute Gasteiger partial charge is 0.387 e. The number of alkyl halides is 2. The number of ether oxygens (including phenoxy) is 1. The lowest BCUT2D eigenvalue weighted by Gasteiger charge is -2.25. The van der Waals surface area contributed by atoms with Gasteiger partial charge in [-0.15, -0.1) is 0 Å². The van der Waals surface area contributed by atoms with Crippen LogP contribution in [0.2, 0.25) is 0 Å². The molecule has 1 rings (SSSR count). The quantitative estimate of drug-likeness (QED) is 0.797. The van der Waals surface area contributed by atoms with Gasteiger partial charge in [0.05, 0.1) is 0 Å². The number of benzene rings is 1. The Kier molecular flexibility index (Phi) is 6.05. The number of rotatable bonds is 7. The van der Waals surface area contributed by atoms with Crippen molar-refractivity contribution in [2.24, 2.45) is 5.92 Å². The SMILES string of the molecule is CCC(CC)C(NC)c1cccc(OC(F)F)c1. The molecule has 0 saturated carbocycles. The second kappa shape index (κ2) is 7.31. The van der Waals surface area contributed by atoms with E-state index < -0.39 is 6.61 Å². The molecule has 1 aromatic rings. The van der Waals surface area contributed by atoms with Gasteiger partial charge >= 0.3 is 6.61 Å². The van der Waals surface area contributed by atoms with E-state index in [0.29, 0.717) is 5.92 Å². The van der Waals surface area contributed by atoms with Crippen LogP contribution < -0.4 is 10.1 Å². The summed E-state index contributed by atoms with van der Waals surface area (Å²) in [5.41, 5.74) is 0.990. The van der Waals surface area contributed by atoms with Crippen LogP contribution in [-0.2, 0) is 0 Å². The van der Waals surface area contributed by atoms with Gasteiger partial charge in [0, 0.05) is 6.04 Å². The van der Waals surface area contributed by atoms with Gasteiger partial charge in [-0.25, -0.2) is 0 Å². The highest BCUT2D eigenvalue weighted by Crippen LogP contribution is 2.29. The van der Waals surface area contributed by atoms with Crippen molar-refractivity contribution in [3.63, 3.8) is 0 Å². The second-order valence-corrected chi connectivity index (χ2v) is 4.29. The van der Waals surface area contributed by atoms with E-state index in [9.17, 15) is 8.78 Å². The first kappa shape index (κ1) is 14.9. The van der Waals surface area contributed by atoms with Crippen molar-refractivity contribution in [3.8, 4) is 5.75 Å². The van der Waals surface area contributed by atoms with Gasteiger partial charge < -0.3 is 10.1 Å². The van der Waals surface area contributed by atoms with Gasteiger partial charge in [-0.1, -0.05) is 38.8 Å². The summed E-state index contributed by atoms with van der Waals surface area (Å²) in [5, 5.41) is 3.26. The average Bonchev–Trinajstić information content (AvgIpc) is 2.35. The lowest BCUT2D eigenvalue weighted by Crippen LogP contribution is -2.24. The predicted molar refractivity (Wildman–Crippen MR) is 68.9 cm³/mol.